The third-order valence-electron chi connectivity index (χ3n) is 3.79. The summed E-state index contributed by atoms with van der Waals surface area (Å²) in [6.45, 7) is 7.31. The average Bonchev–Trinajstić information content (AvgIpc) is 2.51. The van der Waals surface area contributed by atoms with E-state index in [9.17, 15) is 4.79 Å². The van der Waals surface area contributed by atoms with Crippen molar-refractivity contribution in [3.8, 4) is 0 Å². The van der Waals surface area contributed by atoms with E-state index in [0.29, 0.717) is 24.2 Å². The number of nitrogens with two attached hydrogens (primary N) is 1. The van der Waals surface area contributed by atoms with Crippen molar-refractivity contribution in [2.45, 2.75) is 6.92 Å². The van der Waals surface area contributed by atoms with Gasteiger partial charge in [0.15, 0.2) is 5.78 Å². The van der Waals surface area contributed by atoms with Crippen molar-refractivity contribution in [2.24, 2.45) is 5.73 Å². The molecule has 2 aromatic rings. The maximum absolute atomic E-state index is 12.8. The molecular formula is C17H17N3O. The molecule has 3 rings (SSSR count). The number of rotatable bonds is 3. The van der Waals surface area contributed by atoms with Crippen LogP contribution in [0.2, 0.25) is 0 Å². The topological polar surface area (TPSA) is 68.0 Å². The van der Waals surface area contributed by atoms with E-state index < -0.39 is 0 Å². The fourth-order valence-corrected chi connectivity index (χ4v) is 2.79. The number of pyridine rings is 1. The number of fused-ring (bicyclic) bond motifs is 2. The highest BCUT2D eigenvalue weighted by Gasteiger charge is 2.29. The molecular weight excluding hydrogens is 262 g/mol. The molecule has 0 aliphatic heterocycles. The molecule has 106 valence electrons. The quantitative estimate of drug-likeness (QED) is 0.772. The monoisotopic (exact) mass is 279 g/mol. The van der Waals surface area contributed by atoms with Gasteiger partial charge < -0.3 is 11.1 Å². The number of ketones is 1. The van der Waals surface area contributed by atoms with Gasteiger partial charge in [0.25, 0.3) is 0 Å². The summed E-state index contributed by atoms with van der Waals surface area (Å²) in [6, 6.07) is 5.77. The highest BCUT2D eigenvalue weighted by Crippen LogP contribution is 2.39. The van der Waals surface area contributed by atoms with E-state index in [1.54, 1.807) is 12.4 Å². The van der Waals surface area contributed by atoms with E-state index in [1.165, 1.54) is 0 Å². The van der Waals surface area contributed by atoms with E-state index in [1.807, 2.05) is 25.1 Å². The van der Waals surface area contributed by atoms with Crippen LogP contribution < -0.4 is 11.1 Å². The summed E-state index contributed by atoms with van der Waals surface area (Å²) in [7, 11) is 0. The van der Waals surface area contributed by atoms with Gasteiger partial charge in [0.1, 0.15) is 0 Å². The second kappa shape index (κ2) is 5.14. The maximum Gasteiger partial charge on any atom is 0.197 e. The lowest BCUT2D eigenvalue weighted by molar-refractivity contribution is 0.103. The van der Waals surface area contributed by atoms with Gasteiger partial charge in [-0.1, -0.05) is 12.6 Å². The summed E-state index contributed by atoms with van der Waals surface area (Å²) in [5.74, 6) is -0.0104. The molecule has 0 unspecified atom stereocenters. The fraction of sp³-hybridized carbons (Fsp3) is 0.176. The first-order chi connectivity index (χ1) is 10.1. The number of aryl methyl sites for hydroxylation is 1. The van der Waals surface area contributed by atoms with Gasteiger partial charge in [-0.25, -0.2) is 0 Å². The summed E-state index contributed by atoms with van der Waals surface area (Å²) in [5, 5.41) is 3.22. The van der Waals surface area contributed by atoms with Crippen molar-refractivity contribution in [2.75, 3.05) is 18.4 Å². The van der Waals surface area contributed by atoms with Gasteiger partial charge in [-0.15, -0.1) is 0 Å². The Balaban J connectivity index is 2.24. The van der Waals surface area contributed by atoms with Crippen LogP contribution in [0, 0.1) is 6.92 Å². The third-order valence-corrected chi connectivity index (χ3v) is 3.79. The van der Waals surface area contributed by atoms with Gasteiger partial charge in [-0.3, -0.25) is 9.78 Å². The number of benzene rings is 1. The zero-order valence-corrected chi connectivity index (χ0v) is 11.9. The van der Waals surface area contributed by atoms with E-state index >= 15 is 0 Å². The fourth-order valence-electron chi connectivity index (χ4n) is 2.79. The second-order valence-electron chi connectivity index (χ2n) is 5.12. The highest BCUT2D eigenvalue weighted by atomic mass is 16.1. The Hall–Kier alpha value is -2.46. The largest absolute Gasteiger partial charge is 0.383 e. The number of nitrogens with zero attached hydrogens (tertiary/aromatic N) is 1. The van der Waals surface area contributed by atoms with Gasteiger partial charge in [0.05, 0.1) is 5.56 Å². The molecule has 0 radical (unpaired) electrons. The summed E-state index contributed by atoms with van der Waals surface area (Å²) < 4.78 is 0. The molecule has 0 saturated carbocycles. The van der Waals surface area contributed by atoms with Crippen molar-refractivity contribution < 1.29 is 4.79 Å². The van der Waals surface area contributed by atoms with Crippen molar-refractivity contribution in [1.29, 1.82) is 0 Å². The maximum atomic E-state index is 12.8. The van der Waals surface area contributed by atoms with E-state index in [2.05, 4.69) is 16.9 Å². The van der Waals surface area contributed by atoms with Crippen LogP contribution >= 0.6 is 0 Å². The molecule has 0 atom stereocenters. The number of carbonyl (C=O) groups is 1. The Morgan fingerprint density at radius 1 is 1.24 bits per heavy atom. The second-order valence-corrected chi connectivity index (χ2v) is 5.12. The summed E-state index contributed by atoms with van der Waals surface area (Å²) in [6.07, 6.45) is 3.30. The van der Waals surface area contributed by atoms with Gasteiger partial charge in [0.2, 0.25) is 0 Å². The third kappa shape index (κ3) is 2.04. The lowest BCUT2D eigenvalue weighted by Gasteiger charge is -2.24. The van der Waals surface area contributed by atoms with E-state index in [0.717, 1.165) is 28.0 Å². The standard InChI is InChI=1S/C17H17N3O/c1-10-3-4-14(20-8-6-18)16-15(10)11(2)12-5-7-19-9-13(12)17(16)21/h3-5,7,9,20H,2,6,8,18H2,1H3. The average molecular weight is 279 g/mol. The van der Waals surface area contributed by atoms with Crippen LogP contribution in [0.4, 0.5) is 5.69 Å². The number of nitrogens with one attached hydrogen (secondary N) is 1. The first kappa shape index (κ1) is 13.5. The predicted molar refractivity (Wildman–Crippen MR) is 84.5 cm³/mol. The van der Waals surface area contributed by atoms with Crippen LogP contribution in [-0.2, 0) is 0 Å². The molecule has 4 nitrogen and oxygen atoms in total. The first-order valence-corrected chi connectivity index (χ1v) is 6.91. The van der Waals surface area contributed by atoms with E-state index in [-0.39, 0.29) is 5.78 Å². The molecule has 1 aliphatic carbocycles. The molecule has 1 aromatic heterocycles. The van der Waals surface area contributed by atoms with Crippen molar-refractivity contribution in [3.63, 3.8) is 0 Å². The SMILES string of the molecule is C=C1c2ccncc2C(=O)c2c(NCCN)ccc(C)c21. The molecule has 1 heterocycles. The van der Waals surface area contributed by atoms with Crippen LogP contribution in [0.25, 0.3) is 5.57 Å². The number of anilines is 1. The van der Waals surface area contributed by atoms with Gasteiger partial charge in [0, 0.05) is 36.7 Å². The normalized spacial score (nSPS) is 12.9. The van der Waals surface area contributed by atoms with Crippen LogP contribution in [0.3, 0.4) is 0 Å². The Kier molecular flexibility index (Phi) is 3.31. The predicted octanol–water partition coefficient (Wildman–Crippen LogP) is 2.37. The molecule has 0 amide bonds. The minimum absolute atomic E-state index is 0.0104. The molecule has 21 heavy (non-hydrogen) atoms. The van der Waals surface area contributed by atoms with Crippen LogP contribution in [0.5, 0.6) is 0 Å². The number of hydrogen-bond donors (Lipinski definition) is 2. The van der Waals surface area contributed by atoms with Gasteiger partial charge in [-0.05, 0) is 41.3 Å². The lowest BCUT2D eigenvalue weighted by Crippen LogP contribution is -2.20. The molecule has 3 N–H and O–H groups in total. The molecule has 1 aliphatic rings. The van der Waals surface area contributed by atoms with Gasteiger partial charge >= 0.3 is 0 Å². The minimum atomic E-state index is -0.0104. The Bertz CT molecular complexity index is 750. The summed E-state index contributed by atoms with van der Waals surface area (Å²) >= 11 is 0. The van der Waals surface area contributed by atoms with Crippen LogP contribution in [-0.4, -0.2) is 23.9 Å². The molecule has 0 saturated heterocycles. The van der Waals surface area contributed by atoms with Crippen LogP contribution in [0.15, 0.2) is 37.2 Å². The number of carbonyl (C=O) groups excluding carboxylic acids is 1. The molecule has 0 fully saturated rings. The number of aromatic nitrogens is 1. The number of hydrogen-bond acceptors (Lipinski definition) is 4. The molecule has 0 bridgehead atoms. The van der Waals surface area contributed by atoms with Gasteiger partial charge in [-0.2, -0.15) is 0 Å². The van der Waals surface area contributed by atoms with Crippen molar-refractivity contribution in [3.05, 3.63) is 65.0 Å². The lowest BCUT2D eigenvalue weighted by atomic mass is 9.80. The summed E-state index contributed by atoms with van der Waals surface area (Å²) in [5.41, 5.74) is 11.3. The molecule has 1 aromatic carbocycles. The zero-order chi connectivity index (χ0) is 15.0. The molecule has 4 heteroatoms. The summed E-state index contributed by atoms with van der Waals surface area (Å²) in [4.78, 5) is 16.9. The van der Waals surface area contributed by atoms with E-state index in [4.69, 9.17) is 5.73 Å². The smallest absolute Gasteiger partial charge is 0.197 e. The van der Waals surface area contributed by atoms with Crippen LogP contribution in [0.1, 0.15) is 32.6 Å². The Morgan fingerprint density at radius 2 is 2.05 bits per heavy atom. The van der Waals surface area contributed by atoms with Crippen molar-refractivity contribution >= 4 is 17.0 Å². The first-order valence-electron chi connectivity index (χ1n) is 6.91. The zero-order valence-electron chi connectivity index (χ0n) is 11.9. The Labute approximate surface area is 123 Å². The molecule has 0 spiro atoms. The highest BCUT2D eigenvalue weighted by molar-refractivity contribution is 6.21. The Morgan fingerprint density at radius 3 is 2.81 bits per heavy atom. The van der Waals surface area contributed by atoms with Crippen molar-refractivity contribution in [1.82, 2.24) is 4.98 Å². The minimum Gasteiger partial charge on any atom is -0.383 e.